The lowest BCUT2D eigenvalue weighted by Crippen LogP contribution is -2.36. The Morgan fingerprint density at radius 2 is 1.50 bits per heavy atom. The van der Waals surface area contributed by atoms with E-state index in [0.717, 1.165) is 11.1 Å². The molecule has 0 bridgehead atoms. The molecule has 9 heteroatoms. The van der Waals surface area contributed by atoms with Crippen LogP contribution < -0.4 is 29.2 Å². The maximum atomic E-state index is 11.7. The largest absolute Gasteiger partial charge is 0.494 e. The van der Waals surface area contributed by atoms with Crippen LogP contribution >= 0.6 is 0 Å². The van der Waals surface area contributed by atoms with E-state index in [0.29, 0.717) is 46.6 Å². The van der Waals surface area contributed by atoms with Crippen LogP contribution in [0.1, 0.15) is 13.3 Å². The van der Waals surface area contributed by atoms with Gasteiger partial charge in [0.25, 0.3) is 5.91 Å². The summed E-state index contributed by atoms with van der Waals surface area (Å²) in [6.45, 7) is 1.79. The maximum Gasteiger partial charge on any atom is 0.284 e. The number of ether oxygens (including phenoxy) is 5. The molecule has 1 amide bonds. The SMILES string of the molecule is CCC(Oc1ccc(-c2nc(-c3cc(OC)c(OC)c(OC)c3)ccc2OC)cc1)C(=O)NO. The molecule has 1 heterocycles. The van der Waals surface area contributed by atoms with Gasteiger partial charge in [-0.1, -0.05) is 6.92 Å². The molecular formula is C25H28N2O7. The highest BCUT2D eigenvalue weighted by Gasteiger charge is 2.19. The Kier molecular flexibility index (Phi) is 8.15. The van der Waals surface area contributed by atoms with E-state index in [1.165, 1.54) is 0 Å². The third-order valence-electron chi connectivity index (χ3n) is 5.22. The van der Waals surface area contributed by atoms with E-state index in [-0.39, 0.29) is 0 Å². The standard InChI is InChI=1S/C25H28N2O7/c1-6-19(25(28)27-29)34-17-9-7-15(8-10-17)23-20(30-2)12-11-18(26-23)16-13-21(31-3)24(33-5)22(14-16)32-4/h7-14,19,29H,6H2,1-5H3,(H,27,28). The maximum absolute atomic E-state index is 11.7. The van der Waals surface area contributed by atoms with E-state index in [2.05, 4.69) is 0 Å². The molecule has 1 aromatic heterocycles. The molecule has 34 heavy (non-hydrogen) atoms. The molecule has 0 saturated heterocycles. The van der Waals surface area contributed by atoms with Gasteiger partial charge < -0.3 is 23.7 Å². The van der Waals surface area contributed by atoms with E-state index >= 15 is 0 Å². The van der Waals surface area contributed by atoms with E-state index in [4.69, 9.17) is 33.9 Å². The van der Waals surface area contributed by atoms with Gasteiger partial charge in [-0.3, -0.25) is 10.0 Å². The van der Waals surface area contributed by atoms with Crippen LogP contribution in [0.15, 0.2) is 48.5 Å². The predicted molar refractivity (Wildman–Crippen MR) is 126 cm³/mol. The fraction of sp³-hybridized carbons (Fsp3) is 0.280. The number of methoxy groups -OCH3 is 4. The van der Waals surface area contributed by atoms with Gasteiger partial charge in [-0.05, 0) is 55.0 Å². The van der Waals surface area contributed by atoms with Crippen molar-refractivity contribution in [1.82, 2.24) is 10.5 Å². The molecule has 2 aromatic carbocycles. The lowest BCUT2D eigenvalue weighted by Gasteiger charge is -2.16. The van der Waals surface area contributed by atoms with E-state index in [1.807, 2.05) is 36.4 Å². The summed E-state index contributed by atoms with van der Waals surface area (Å²) < 4.78 is 27.5. The van der Waals surface area contributed by atoms with Gasteiger partial charge in [-0.15, -0.1) is 0 Å². The number of carbonyl (C=O) groups excluding carboxylic acids is 1. The second-order valence-electron chi connectivity index (χ2n) is 7.18. The zero-order valence-corrected chi connectivity index (χ0v) is 19.7. The van der Waals surface area contributed by atoms with Crippen molar-refractivity contribution in [3.05, 3.63) is 48.5 Å². The van der Waals surface area contributed by atoms with Gasteiger partial charge in [0, 0.05) is 11.1 Å². The zero-order chi connectivity index (χ0) is 24.7. The number of nitrogens with one attached hydrogen (secondary N) is 1. The molecule has 0 radical (unpaired) electrons. The lowest BCUT2D eigenvalue weighted by atomic mass is 10.1. The van der Waals surface area contributed by atoms with Crippen molar-refractivity contribution in [2.75, 3.05) is 28.4 Å². The van der Waals surface area contributed by atoms with Gasteiger partial charge in [-0.2, -0.15) is 0 Å². The molecule has 180 valence electrons. The number of hydrogen-bond acceptors (Lipinski definition) is 8. The van der Waals surface area contributed by atoms with E-state index in [9.17, 15) is 4.79 Å². The fourth-order valence-electron chi connectivity index (χ4n) is 3.46. The molecule has 0 spiro atoms. The molecule has 1 unspecified atom stereocenters. The van der Waals surface area contributed by atoms with Gasteiger partial charge in [0.2, 0.25) is 5.75 Å². The van der Waals surface area contributed by atoms with Crippen molar-refractivity contribution in [3.63, 3.8) is 0 Å². The first kappa shape index (κ1) is 24.7. The van der Waals surface area contributed by atoms with Gasteiger partial charge >= 0.3 is 0 Å². The molecule has 1 atom stereocenters. The number of benzene rings is 2. The van der Waals surface area contributed by atoms with Crippen molar-refractivity contribution >= 4 is 5.91 Å². The second-order valence-corrected chi connectivity index (χ2v) is 7.18. The van der Waals surface area contributed by atoms with E-state index in [1.54, 1.807) is 53.0 Å². The molecule has 3 aromatic rings. The van der Waals surface area contributed by atoms with Gasteiger partial charge in [-0.25, -0.2) is 10.5 Å². The normalized spacial score (nSPS) is 11.4. The first-order valence-electron chi connectivity index (χ1n) is 10.6. The zero-order valence-electron chi connectivity index (χ0n) is 19.7. The molecule has 0 saturated carbocycles. The van der Waals surface area contributed by atoms with Crippen molar-refractivity contribution in [2.45, 2.75) is 19.4 Å². The van der Waals surface area contributed by atoms with Crippen LogP contribution in [0.5, 0.6) is 28.7 Å². The Morgan fingerprint density at radius 1 is 0.882 bits per heavy atom. The Hall–Kier alpha value is -3.98. The topological polar surface area (TPSA) is 108 Å². The van der Waals surface area contributed by atoms with Crippen LogP contribution in [0, 0.1) is 0 Å². The van der Waals surface area contributed by atoms with Crippen molar-refractivity contribution < 1.29 is 33.7 Å². The molecule has 3 rings (SSSR count). The number of hydroxylamine groups is 1. The fourth-order valence-corrected chi connectivity index (χ4v) is 3.46. The summed E-state index contributed by atoms with van der Waals surface area (Å²) >= 11 is 0. The Bertz CT molecular complexity index is 1110. The summed E-state index contributed by atoms with van der Waals surface area (Å²) in [5.41, 5.74) is 4.49. The molecule has 0 fully saturated rings. The molecule has 0 aliphatic rings. The monoisotopic (exact) mass is 468 g/mol. The van der Waals surface area contributed by atoms with Crippen LogP contribution in [0.25, 0.3) is 22.5 Å². The highest BCUT2D eigenvalue weighted by molar-refractivity contribution is 5.80. The Balaban J connectivity index is 1.99. The number of aromatic nitrogens is 1. The third-order valence-corrected chi connectivity index (χ3v) is 5.22. The molecular weight excluding hydrogens is 440 g/mol. The van der Waals surface area contributed by atoms with Crippen LogP contribution in [-0.2, 0) is 4.79 Å². The minimum Gasteiger partial charge on any atom is -0.494 e. The van der Waals surface area contributed by atoms with Crippen LogP contribution in [0.2, 0.25) is 0 Å². The van der Waals surface area contributed by atoms with Crippen molar-refractivity contribution in [3.8, 4) is 51.3 Å². The lowest BCUT2D eigenvalue weighted by molar-refractivity contribution is -0.136. The first-order valence-corrected chi connectivity index (χ1v) is 10.6. The summed E-state index contributed by atoms with van der Waals surface area (Å²) in [4.78, 5) is 16.5. The van der Waals surface area contributed by atoms with Crippen LogP contribution in [0.3, 0.4) is 0 Å². The Morgan fingerprint density at radius 3 is 2.00 bits per heavy atom. The smallest absolute Gasteiger partial charge is 0.284 e. The second kappa shape index (κ2) is 11.2. The third kappa shape index (κ3) is 5.15. The summed E-state index contributed by atoms with van der Waals surface area (Å²) in [6, 6.07) is 14.4. The molecule has 9 nitrogen and oxygen atoms in total. The highest BCUT2D eigenvalue weighted by atomic mass is 16.5. The highest BCUT2D eigenvalue weighted by Crippen LogP contribution is 2.41. The summed E-state index contributed by atoms with van der Waals surface area (Å²) in [5.74, 6) is 2.02. The number of hydrogen-bond donors (Lipinski definition) is 2. The predicted octanol–water partition coefficient (Wildman–Crippen LogP) is 4.11. The summed E-state index contributed by atoms with van der Waals surface area (Å²) in [6.07, 6.45) is -0.396. The number of pyridine rings is 1. The van der Waals surface area contributed by atoms with E-state index < -0.39 is 12.0 Å². The minimum absolute atomic E-state index is 0.403. The van der Waals surface area contributed by atoms with Crippen molar-refractivity contribution in [1.29, 1.82) is 0 Å². The number of amides is 1. The van der Waals surface area contributed by atoms with Crippen molar-refractivity contribution in [2.24, 2.45) is 0 Å². The molecule has 2 N–H and O–H groups in total. The first-order chi connectivity index (χ1) is 16.5. The minimum atomic E-state index is -0.799. The number of nitrogens with zero attached hydrogens (tertiary/aromatic N) is 1. The molecule has 0 aliphatic carbocycles. The average molecular weight is 469 g/mol. The molecule has 0 aliphatic heterocycles. The van der Waals surface area contributed by atoms with Gasteiger partial charge in [0.05, 0.1) is 34.1 Å². The Labute approximate surface area is 198 Å². The average Bonchev–Trinajstić information content (AvgIpc) is 2.90. The quantitative estimate of drug-likeness (QED) is 0.338. The number of rotatable bonds is 10. The number of carbonyl (C=O) groups is 1. The van der Waals surface area contributed by atoms with Crippen LogP contribution in [-0.4, -0.2) is 50.6 Å². The summed E-state index contributed by atoms with van der Waals surface area (Å²) in [7, 11) is 6.25. The summed E-state index contributed by atoms with van der Waals surface area (Å²) in [5, 5.41) is 8.86. The van der Waals surface area contributed by atoms with Gasteiger partial charge in [0.15, 0.2) is 17.6 Å². The van der Waals surface area contributed by atoms with Gasteiger partial charge in [0.1, 0.15) is 17.2 Å². The van der Waals surface area contributed by atoms with Crippen LogP contribution in [0.4, 0.5) is 0 Å².